The molecule has 1 aliphatic carbocycles. The van der Waals surface area contributed by atoms with E-state index in [0.717, 1.165) is 34.0 Å². The molecule has 2 aliphatic heterocycles. The van der Waals surface area contributed by atoms with Crippen molar-refractivity contribution in [1.29, 1.82) is 0 Å². The van der Waals surface area contributed by atoms with E-state index < -0.39 is 15.9 Å². The molecule has 0 unspecified atom stereocenters. The number of fused-ring (bicyclic) bond motifs is 2. The van der Waals surface area contributed by atoms with Gasteiger partial charge in [-0.1, -0.05) is 18.2 Å². The lowest BCUT2D eigenvalue weighted by atomic mass is 9.97. The van der Waals surface area contributed by atoms with E-state index >= 15 is 0 Å². The summed E-state index contributed by atoms with van der Waals surface area (Å²) in [6.45, 7) is 2.57. The Morgan fingerprint density at radius 3 is 2.68 bits per heavy atom. The molecule has 0 aromatic heterocycles. The van der Waals surface area contributed by atoms with E-state index in [1.807, 2.05) is 25.1 Å². The van der Waals surface area contributed by atoms with Gasteiger partial charge in [-0.15, -0.1) is 0 Å². The van der Waals surface area contributed by atoms with Gasteiger partial charge in [0, 0.05) is 18.2 Å². The highest BCUT2D eigenvalue weighted by atomic mass is 32.2. The molecule has 2 amide bonds. The van der Waals surface area contributed by atoms with Crippen LogP contribution in [0.4, 0.5) is 5.69 Å². The number of carbonyl (C=O) groups is 2. The van der Waals surface area contributed by atoms with Gasteiger partial charge in [0.05, 0.1) is 11.3 Å². The van der Waals surface area contributed by atoms with Crippen molar-refractivity contribution >= 4 is 27.5 Å². The molecule has 0 spiro atoms. The Balaban J connectivity index is 1.56. The number of nitrogens with zero attached hydrogens (tertiary/aromatic N) is 2. The zero-order valence-electron chi connectivity index (χ0n) is 15.5. The van der Waals surface area contributed by atoms with Crippen LogP contribution in [-0.2, 0) is 16.4 Å². The quantitative estimate of drug-likeness (QED) is 0.782. The van der Waals surface area contributed by atoms with E-state index in [2.05, 4.69) is 0 Å². The number of para-hydroxylation sites is 1. The van der Waals surface area contributed by atoms with Crippen LogP contribution >= 0.6 is 0 Å². The smallest absolute Gasteiger partial charge is 0.269 e. The SMILES string of the molecule is Cc1cccc2c1N(C(=O)c1ccc3c(c1)S(=O)(=O)N(C1CC1)C3=O)CCC2. The minimum Gasteiger partial charge on any atom is -0.308 e. The molecule has 28 heavy (non-hydrogen) atoms. The predicted molar refractivity (Wildman–Crippen MR) is 104 cm³/mol. The van der Waals surface area contributed by atoms with E-state index in [4.69, 9.17) is 0 Å². The minimum atomic E-state index is -3.87. The third kappa shape index (κ3) is 2.42. The molecule has 0 N–H and O–H groups in total. The number of carbonyl (C=O) groups excluding carboxylic acids is 2. The molecule has 0 bridgehead atoms. The second kappa shape index (κ2) is 5.91. The largest absolute Gasteiger partial charge is 0.308 e. The van der Waals surface area contributed by atoms with E-state index in [0.29, 0.717) is 24.9 Å². The van der Waals surface area contributed by atoms with Crippen molar-refractivity contribution in [2.45, 2.75) is 43.5 Å². The molecule has 3 aliphatic rings. The average Bonchev–Trinajstić information content (AvgIpc) is 3.48. The normalized spacial score (nSPS) is 20.1. The standard InChI is InChI=1S/C21H20N2O4S/c1-13-4-2-5-14-6-3-11-22(19(13)14)20(24)15-7-10-17-18(12-15)28(26,27)23(21(17)25)16-8-9-16/h2,4-5,7,10,12,16H,3,6,8-9,11H2,1H3. The molecule has 144 valence electrons. The third-order valence-corrected chi connectivity index (χ3v) is 7.61. The topological polar surface area (TPSA) is 74.8 Å². The number of hydrogen-bond acceptors (Lipinski definition) is 4. The van der Waals surface area contributed by atoms with E-state index in [9.17, 15) is 18.0 Å². The highest BCUT2D eigenvalue weighted by Crippen LogP contribution is 2.40. The number of anilines is 1. The number of rotatable bonds is 2. The van der Waals surface area contributed by atoms with Crippen molar-refractivity contribution in [3.63, 3.8) is 0 Å². The third-order valence-electron chi connectivity index (χ3n) is 5.74. The first kappa shape index (κ1) is 17.4. The molecule has 5 rings (SSSR count). The van der Waals surface area contributed by atoms with Gasteiger partial charge in [0.15, 0.2) is 0 Å². The monoisotopic (exact) mass is 396 g/mol. The number of sulfonamides is 1. The maximum absolute atomic E-state index is 13.3. The van der Waals surface area contributed by atoms with Crippen LogP contribution in [0.3, 0.4) is 0 Å². The summed E-state index contributed by atoms with van der Waals surface area (Å²) in [4.78, 5) is 27.5. The van der Waals surface area contributed by atoms with Crippen LogP contribution in [0.15, 0.2) is 41.3 Å². The predicted octanol–water partition coefficient (Wildman–Crippen LogP) is 2.89. The van der Waals surface area contributed by atoms with Gasteiger partial charge in [0.25, 0.3) is 21.8 Å². The maximum Gasteiger partial charge on any atom is 0.269 e. The van der Waals surface area contributed by atoms with Crippen molar-refractivity contribution in [2.24, 2.45) is 0 Å². The van der Waals surface area contributed by atoms with Gasteiger partial charge in [-0.3, -0.25) is 9.59 Å². The molecule has 7 heteroatoms. The van der Waals surface area contributed by atoms with Crippen molar-refractivity contribution in [1.82, 2.24) is 4.31 Å². The lowest BCUT2D eigenvalue weighted by Crippen LogP contribution is -2.36. The van der Waals surface area contributed by atoms with Crippen molar-refractivity contribution < 1.29 is 18.0 Å². The summed E-state index contributed by atoms with van der Waals surface area (Å²) in [5.74, 6) is -0.707. The molecule has 6 nitrogen and oxygen atoms in total. The van der Waals surface area contributed by atoms with Crippen LogP contribution in [0.25, 0.3) is 0 Å². The maximum atomic E-state index is 13.3. The van der Waals surface area contributed by atoms with Crippen LogP contribution in [0.1, 0.15) is 51.1 Å². The molecule has 0 saturated heterocycles. The average molecular weight is 396 g/mol. The number of amides is 2. The van der Waals surface area contributed by atoms with Crippen molar-refractivity contribution in [3.05, 3.63) is 58.7 Å². The molecular weight excluding hydrogens is 376 g/mol. The lowest BCUT2D eigenvalue weighted by Gasteiger charge is -2.31. The van der Waals surface area contributed by atoms with Crippen molar-refractivity contribution in [2.75, 3.05) is 11.4 Å². The lowest BCUT2D eigenvalue weighted by molar-refractivity contribution is 0.0864. The molecule has 2 aromatic carbocycles. The molecule has 2 aromatic rings. The molecule has 0 atom stereocenters. The second-order valence-electron chi connectivity index (χ2n) is 7.69. The molecule has 1 saturated carbocycles. The van der Waals surface area contributed by atoms with Gasteiger partial charge < -0.3 is 4.90 Å². The summed E-state index contributed by atoms with van der Waals surface area (Å²) in [6.07, 6.45) is 3.19. The Labute approximate surface area is 163 Å². The van der Waals surface area contributed by atoms with Crippen LogP contribution in [-0.4, -0.2) is 37.1 Å². The van der Waals surface area contributed by atoms with Gasteiger partial charge in [0.2, 0.25) is 0 Å². The zero-order valence-corrected chi connectivity index (χ0v) is 16.3. The van der Waals surface area contributed by atoms with E-state index in [1.54, 1.807) is 11.0 Å². The van der Waals surface area contributed by atoms with Gasteiger partial charge in [-0.05, 0) is 61.9 Å². The fourth-order valence-electron chi connectivity index (χ4n) is 4.26. The van der Waals surface area contributed by atoms with Crippen LogP contribution in [0.2, 0.25) is 0 Å². The zero-order chi connectivity index (χ0) is 19.6. The van der Waals surface area contributed by atoms with Crippen LogP contribution < -0.4 is 4.90 Å². The van der Waals surface area contributed by atoms with Gasteiger partial charge in [-0.25, -0.2) is 12.7 Å². The Kier molecular flexibility index (Phi) is 3.68. The minimum absolute atomic E-state index is 0.0442. The Bertz CT molecular complexity index is 1140. The van der Waals surface area contributed by atoms with Gasteiger partial charge >= 0.3 is 0 Å². The summed E-state index contributed by atoms with van der Waals surface area (Å²) in [7, 11) is -3.87. The first-order valence-corrected chi connectivity index (χ1v) is 11.0. The summed E-state index contributed by atoms with van der Waals surface area (Å²) in [5.41, 5.74) is 3.53. The fraction of sp³-hybridized carbons (Fsp3) is 0.333. The summed E-state index contributed by atoms with van der Waals surface area (Å²) in [5, 5.41) is 0. The first-order valence-electron chi connectivity index (χ1n) is 9.53. The number of benzene rings is 2. The summed E-state index contributed by atoms with van der Waals surface area (Å²) < 4.78 is 26.7. The summed E-state index contributed by atoms with van der Waals surface area (Å²) >= 11 is 0. The van der Waals surface area contributed by atoms with E-state index in [-0.39, 0.29) is 22.4 Å². The first-order chi connectivity index (χ1) is 13.4. The highest BCUT2D eigenvalue weighted by Gasteiger charge is 2.49. The van der Waals surface area contributed by atoms with E-state index in [1.165, 1.54) is 12.1 Å². The highest BCUT2D eigenvalue weighted by molar-refractivity contribution is 7.90. The van der Waals surface area contributed by atoms with Crippen LogP contribution in [0.5, 0.6) is 0 Å². The number of aryl methyl sites for hydroxylation is 2. The van der Waals surface area contributed by atoms with Crippen LogP contribution in [0, 0.1) is 6.92 Å². The van der Waals surface area contributed by atoms with Gasteiger partial charge in [0.1, 0.15) is 4.90 Å². The summed E-state index contributed by atoms with van der Waals surface area (Å²) in [6, 6.07) is 10.2. The Morgan fingerprint density at radius 1 is 1.14 bits per heavy atom. The Morgan fingerprint density at radius 2 is 1.93 bits per heavy atom. The molecular formula is C21H20N2O4S. The Hall–Kier alpha value is -2.67. The van der Waals surface area contributed by atoms with Crippen molar-refractivity contribution in [3.8, 4) is 0 Å². The molecule has 0 radical (unpaired) electrons. The molecule has 1 fully saturated rings. The number of hydrogen-bond donors (Lipinski definition) is 0. The molecule has 2 heterocycles. The second-order valence-corrected chi connectivity index (χ2v) is 9.47. The van der Waals surface area contributed by atoms with Gasteiger partial charge in [-0.2, -0.15) is 0 Å². The fourth-order valence-corrected chi connectivity index (χ4v) is 6.10.